The Bertz CT molecular complexity index is 1600. The zero-order valence-electron chi connectivity index (χ0n) is 25.2. The number of benzene rings is 3. The minimum absolute atomic E-state index is 0.210. The lowest BCUT2D eigenvalue weighted by Gasteiger charge is -2.37. The molecule has 3 aromatic carbocycles. The third-order valence-corrected chi connectivity index (χ3v) is 9.29. The van der Waals surface area contributed by atoms with Crippen LogP contribution in [-0.2, 0) is 26.3 Å². The second-order valence-corrected chi connectivity index (χ2v) is 12.1. The Morgan fingerprint density at radius 2 is 1.11 bits per heavy atom. The highest BCUT2D eigenvalue weighted by molar-refractivity contribution is 5.79. The van der Waals surface area contributed by atoms with Crippen LogP contribution in [0.15, 0.2) is 116 Å². The smallest absolute Gasteiger partial charge is 0.133 e. The quantitative estimate of drug-likeness (QED) is 0.212. The predicted molar refractivity (Wildman–Crippen MR) is 170 cm³/mol. The van der Waals surface area contributed by atoms with E-state index in [4.69, 9.17) is 0 Å². The van der Waals surface area contributed by atoms with Crippen LogP contribution in [0.2, 0.25) is 0 Å². The molecule has 2 aliphatic carbocycles. The first-order valence-corrected chi connectivity index (χ1v) is 15.5. The number of ketones is 2. The number of hydrogen-bond acceptors (Lipinski definition) is 6. The number of hydrogen-bond donors (Lipinski definition) is 3. The van der Waals surface area contributed by atoms with Crippen LogP contribution >= 0.6 is 0 Å². The Hall–Kier alpha value is -4.66. The molecule has 0 atom stereocenters. The fourth-order valence-electron chi connectivity index (χ4n) is 6.65. The summed E-state index contributed by atoms with van der Waals surface area (Å²) in [6.45, 7) is 0. The molecule has 2 heterocycles. The molecule has 2 aliphatic rings. The summed E-state index contributed by atoms with van der Waals surface area (Å²) in [7, 11) is 0. The van der Waals surface area contributed by atoms with Gasteiger partial charge in [-0.15, -0.1) is 0 Å². The van der Waals surface area contributed by atoms with Gasteiger partial charge in [-0.1, -0.05) is 91.0 Å². The summed E-state index contributed by atoms with van der Waals surface area (Å²) < 4.78 is 2.11. The molecule has 0 radical (unpaired) electrons. The first kappa shape index (κ1) is 30.4. The van der Waals surface area contributed by atoms with E-state index in [9.17, 15) is 19.8 Å². The number of nitrogens with zero attached hydrogens (tertiary/aromatic N) is 3. The molecule has 45 heavy (non-hydrogen) atoms. The van der Waals surface area contributed by atoms with Crippen LogP contribution in [0.5, 0.6) is 0 Å². The van der Waals surface area contributed by atoms with Crippen molar-refractivity contribution in [2.24, 2.45) is 0 Å². The second-order valence-electron chi connectivity index (χ2n) is 12.1. The van der Waals surface area contributed by atoms with E-state index in [1.54, 1.807) is 12.5 Å². The van der Waals surface area contributed by atoms with Gasteiger partial charge in [0.1, 0.15) is 28.3 Å². The fraction of sp³-hybridized carbons (Fsp3) is 0.297. The summed E-state index contributed by atoms with van der Waals surface area (Å²) >= 11 is 0. The van der Waals surface area contributed by atoms with E-state index in [2.05, 4.69) is 55.9 Å². The number of carbonyl (C=O) groups is 2. The molecule has 3 N–H and O–H groups in total. The Morgan fingerprint density at radius 1 is 0.667 bits per heavy atom. The number of aromatic amines is 1. The van der Waals surface area contributed by atoms with Gasteiger partial charge in [-0.2, -0.15) is 0 Å². The number of H-pyrrole nitrogens is 1. The van der Waals surface area contributed by atoms with E-state index in [1.807, 2.05) is 67.1 Å². The molecule has 0 spiro atoms. The first-order chi connectivity index (χ1) is 21.8. The molecule has 230 valence electrons. The second kappa shape index (κ2) is 12.8. The van der Waals surface area contributed by atoms with Crippen LogP contribution in [0.25, 0.3) is 0 Å². The van der Waals surface area contributed by atoms with Crippen LogP contribution in [0, 0.1) is 0 Å². The van der Waals surface area contributed by atoms with Gasteiger partial charge in [0.25, 0.3) is 0 Å². The van der Waals surface area contributed by atoms with Crippen molar-refractivity contribution >= 4 is 11.6 Å². The summed E-state index contributed by atoms with van der Waals surface area (Å²) in [6, 6.07) is 31.2. The number of nitrogens with one attached hydrogen (secondary N) is 1. The van der Waals surface area contributed by atoms with Gasteiger partial charge in [-0.05, 0) is 42.4 Å². The summed E-state index contributed by atoms with van der Waals surface area (Å²) in [6.07, 6.45) is 10.5. The standard InChI is InChI=1S/C28H26N2O2.C9H12N2O2/c31-25-16-18-27(32,19-17-25)26-20-30(21-29-26)28(22-10-4-1-5-11-22,23-12-6-2-7-13-23)24-14-8-3-9-15-24;12-7-1-3-9(13,4-2-7)8-5-10-6-11-8/h1-15,20-21,32H,16-19H2;5-6,13H,1-4H2,(H,10,11). The van der Waals surface area contributed by atoms with Crippen LogP contribution in [0.1, 0.15) is 79.4 Å². The lowest BCUT2D eigenvalue weighted by atomic mass is 9.76. The molecule has 2 aromatic heterocycles. The van der Waals surface area contributed by atoms with Crippen LogP contribution < -0.4 is 0 Å². The maximum Gasteiger partial charge on any atom is 0.133 e. The highest BCUT2D eigenvalue weighted by Crippen LogP contribution is 2.42. The van der Waals surface area contributed by atoms with E-state index in [0.717, 1.165) is 22.4 Å². The Morgan fingerprint density at radius 3 is 1.53 bits per heavy atom. The van der Waals surface area contributed by atoms with Gasteiger partial charge in [-0.25, -0.2) is 9.97 Å². The van der Waals surface area contributed by atoms with Crippen molar-refractivity contribution in [1.82, 2.24) is 19.5 Å². The molecule has 0 bridgehead atoms. The van der Waals surface area contributed by atoms with Gasteiger partial charge in [0.15, 0.2) is 0 Å². The molecular weight excluding hydrogens is 564 g/mol. The number of aliphatic hydroxyl groups is 2. The first-order valence-electron chi connectivity index (χ1n) is 15.5. The molecule has 0 amide bonds. The number of imidazole rings is 2. The van der Waals surface area contributed by atoms with Crippen molar-refractivity contribution in [3.63, 3.8) is 0 Å². The van der Waals surface area contributed by atoms with Gasteiger partial charge < -0.3 is 19.8 Å². The van der Waals surface area contributed by atoms with Gasteiger partial charge in [0.05, 0.1) is 30.2 Å². The average molecular weight is 603 g/mol. The fourth-order valence-corrected chi connectivity index (χ4v) is 6.65. The molecular formula is C37H38N4O4. The third-order valence-electron chi connectivity index (χ3n) is 9.29. The molecule has 0 unspecified atom stereocenters. The van der Waals surface area contributed by atoms with E-state index in [1.165, 1.54) is 0 Å². The number of aromatic nitrogens is 4. The molecule has 0 aliphatic heterocycles. The lowest BCUT2D eigenvalue weighted by Crippen LogP contribution is -2.37. The molecule has 5 aromatic rings. The molecule has 0 saturated heterocycles. The summed E-state index contributed by atoms with van der Waals surface area (Å²) in [5.74, 6) is 0.450. The average Bonchev–Trinajstić information content (AvgIpc) is 3.81. The molecule has 7 rings (SSSR count). The van der Waals surface area contributed by atoms with Crippen LogP contribution in [0.3, 0.4) is 0 Å². The SMILES string of the molecule is O=C1CCC(O)(c2cn(C(c3ccccc3)(c3ccccc3)c3ccccc3)cn2)CC1.O=C1CCC(O)(c2cnc[nH]2)CC1. The topological polar surface area (TPSA) is 121 Å². The zero-order valence-corrected chi connectivity index (χ0v) is 25.2. The maximum atomic E-state index is 11.8. The summed E-state index contributed by atoms with van der Waals surface area (Å²) in [4.78, 5) is 34.2. The van der Waals surface area contributed by atoms with Crippen molar-refractivity contribution in [2.45, 2.75) is 68.1 Å². The number of carbonyl (C=O) groups excluding carboxylic acids is 2. The molecule has 2 fully saturated rings. The van der Waals surface area contributed by atoms with Crippen LogP contribution in [0.4, 0.5) is 0 Å². The molecule has 8 nitrogen and oxygen atoms in total. The Balaban J connectivity index is 0.000000229. The van der Waals surface area contributed by atoms with E-state index in [0.29, 0.717) is 57.1 Å². The van der Waals surface area contributed by atoms with Crippen molar-refractivity contribution in [1.29, 1.82) is 0 Å². The minimum atomic E-state index is -1.07. The summed E-state index contributed by atoms with van der Waals surface area (Å²) in [5, 5.41) is 21.4. The largest absolute Gasteiger partial charge is 0.384 e. The van der Waals surface area contributed by atoms with Gasteiger partial charge >= 0.3 is 0 Å². The number of Topliss-reactive ketones (excluding diaryl/α,β-unsaturated/α-hetero) is 2. The third kappa shape index (κ3) is 6.03. The van der Waals surface area contributed by atoms with Crippen molar-refractivity contribution in [2.75, 3.05) is 0 Å². The lowest BCUT2D eigenvalue weighted by molar-refractivity contribution is -0.126. The van der Waals surface area contributed by atoms with E-state index in [-0.39, 0.29) is 11.6 Å². The van der Waals surface area contributed by atoms with E-state index >= 15 is 0 Å². The minimum Gasteiger partial charge on any atom is -0.384 e. The van der Waals surface area contributed by atoms with Gasteiger partial charge in [0.2, 0.25) is 0 Å². The highest BCUT2D eigenvalue weighted by atomic mass is 16.3. The number of rotatable bonds is 6. The maximum absolute atomic E-state index is 11.8. The Kier molecular flexibility index (Phi) is 8.61. The molecule has 8 heteroatoms. The van der Waals surface area contributed by atoms with Crippen LogP contribution in [-0.4, -0.2) is 41.3 Å². The van der Waals surface area contributed by atoms with Gasteiger partial charge in [-0.3, -0.25) is 9.59 Å². The summed E-state index contributed by atoms with van der Waals surface area (Å²) in [5.41, 5.74) is 2.07. The monoisotopic (exact) mass is 602 g/mol. The van der Waals surface area contributed by atoms with Crippen molar-refractivity contribution in [3.8, 4) is 0 Å². The zero-order chi connectivity index (χ0) is 31.3. The predicted octanol–water partition coefficient (Wildman–Crippen LogP) is 5.79. The molecule has 2 saturated carbocycles. The van der Waals surface area contributed by atoms with Crippen molar-refractivity contribution < 1.29 is 19.8 Å². The normalized spacial score (nSPS) is 17.7. The van der Waals surface area contributed by atoms with Gasteiger partial charge in [0, 0.05) is 31.9 Å². The van der Waals surface area contributed by atoms with E-state index < -0.39 is 16.7 Å². The van der Waals surface area contributed by atoms with Crippen molar-refractivity contribution in [3.05, 3.63) is 144 Å². The highest BCUT2D eigenvalue weighted by Gasteiger charge is 2.41. The Labute approximate surface area is 262 Å².